The van der Waals surface area contributed by atoms with Crippen LogP contribution in [0.4, 0.5) is 4.79 Å². The highest BCUT2D eigenvalue weighted by molar-refractivity contribution is 5.91. The van der Waals surface area contributed by atoms with E-state index in [0.29, 0.717) is 19.3 Å². The summed E-state index contributed by atoms with van der Waals surface area (Å²) in [5, 5.41) is 31.2. The van der Waals surface area contributed by atoms with Crippen LogP contribution in [0.15, 0.2) is 11.6 Å². The summed E-state index contributed by atoms with van der Waals surface area (Å²) < 4.78 is 4.95. The zero-order valence-electron chi connectivity index (χ0n) is 15.4. The molecule has 4 aliphatic rings. The number of carboxylic acid groups (broad SMARTS) is 1. The Morgan fingerprint density at radius 3 is 2.65 bits per heavy atom. The Morgan fingerprint density at radius 2 is 1.96 bits per heavy atom. The first kappa shape index (κ1) is 18.0. The van der Waals surface area contributed by atoms with Crippen LogP contribution >= 0.6 is 0 Å². The molecule has 0 unspecified atom stereocenters. The van der Waals surface area contributed by atoms with Crippen molar-refractivity contribution >= 4 is 11.9 Å². The van der Waals surface area contributed by atoms with Crippen LogP contribution in [0.3, 0.4) is 0 Å². The lowest BCUT2D eigenvalue weighted by Gasteiger charge is -2.60. The van der Waals surface area contributed by atoms with E-state index < -0.39 is 23.5 Å². The molecular formula is C20H28O6. The van der Waals surface area contributed by atoms with Crippen molar-refractivity contribution in [1.29, 1.82) is 0 Å². The number of aliphatic hydroxyl groups excluding tert-OH is 1. The molecule has 0 aromatic carbocycles. The molecule has 0 bridgehead atoms. The van der Waals surface area contributed by atoms with Crippen molar-refractivity contribution in [3.63, 3.8) is 0 Å². The predicted octanol–water partition coefficient (Wildman–Crippen LogP) is 2.87. The molecule has 3 N–H and O–H groups in total. The molecule has 0 aromatic rings. The summed E-state index contributed by atoms with van der Waals surface area (Å²) >= 11 is 0. The number of carbonyl (C=O) groups excluding carboxylic acids is 1. The highest BCUT2D eigenvalue weighted by Gasteiger charge is 2.68. The molecule has 4 rings (SSSR count). The minimum Gasteiger partial charge on any atom is -0.450 e. The second kappa shape index (κ2) is 5.55. The Labute approximate surface area is 153 Å². The van der Waals surface area contributed by atoms with Crippen LogP contribution in [-0.2, 0) is 9.53 Å². The van der Waals surface area contributed by atoms with Gasteiger partial charge in [-0.2, -0.15) is 0 Å². The molecule has 3 saturated carbocycles. The van der Waals surface area contributed by atoms with Gasteiger partial charge in [-0.1, -0.05) is 19.4 Å². The van der Waals surface area contributed by atoms with Gasteiger partial charge < -0.3 is 20.1 Å². The van der Waals surface area contributed by atoms with E-state index in [1.807, 2.05) is 6.92 Å². The van der Waals surface area contributed by atoms with Crippen LogP contribution in [0.1, 0.15) is 58.8 Å². The van der Waals surface area contributed by atoms with Crippen molar-refractivity contribution in [3.05, 3.63) is 11.6 Å². The van der Waals surface area contributed by atoms with Gasteiger partial charge >= 0.3 is 6.16 Å². The Bertz CT molecular complexity index is 686. The largest absolute Gasteiger partial charge is 0.508 e. The van der Waals surface area contributed by atoms with E-state index in [4.69, 9.17) is 9.84 Å². The molecule has 6 nitrogen and oxygen atoms in total. The highest BCUT2D eigenvalue weighted by Crippen LogP contribution is 2.67. The third-order valence-corrected chi connectivity index (χ3v) is 8.23. The van der Waals surface area contributed by atoms with Crippen molar-refractivity contribution < 1.29 is 29.6 Å². The lowest BCUT2D eigenvalue weighted by molar-refractivity contribution is -0.264. The molecule has 144 valence electrons. The van der Waals surface area contributed by atoms with Crippen LogP contribution in [-0.4, -0.2) is 39.1 Å². The summed E-state index contributed by atoms with van der Waals surface area (Å²) in [7, 11) is 0. The maximum absolute atomic E-state index is 11.9. The van der Waals surface area contributed by atoms with Gasteiger partial charge in [0.2, 0.25) is 5.79 Å². The topological polar surface area (TPSA) is 104 Å². The zero-order chi connectivity index (χ0) is 18.9. The molecule has 0 aliphatic heterocycles. The van der Waals surface area contributed by atoms with E-state index >= 15 is 0 Å². The van der Waals surface area contributed by atoms with E-state index in [1.165, 1.54) is 0 Å². The van der Waals surface area contributed by atoms with Crippen LogP contribution in [0, 0.1) is 28.6 Å². The summed E-state index contributed by atoms with van der Waals surface area (Å²) in [6.07, 6.45) is 3.93. The third-order valence-electron chi connectivity index (χ3n) is 8.23. The quantitative estimate of drug-likeness (QED) is 0.488. The standard InChI is InChI=1S/C20H28O6/c1-18-7-5-12(21)9-11(18)3-4-13-14-6-8-20(25,26-17(23)24)19(14,2)10-15(22)16(13)18/h9,13-16,22,25H,3-8,10H2,1-2H3,(H,23,24)/t13-,14-,15-,16+,18-,19-,20-/m0/s1. The maximum atomic E-state index is 11.9. The first-order chi connectivity index (χ1) is 12.1. The maximum Gasteiger partial charge on any atom is 0.508 e. The fraction of sp³-hybridized carbons (Fsp3) is 0.800. The number of carbonyl (C=O) groups is 2. The highest BCUT2D eigenvalue weighted by atomic mass is 16.7. The normalized spacial score (nSPS) is 50.3. The molecule has 26 heavy (non-hydrogen) atoms. The summed E-state index contributed by atoms with van der Waals surface area (Å²) in [4.78, 5) is 23.0. The summed E-state index contributed by atoms with van der Waals surface area (Å²) in [6.45, 7) is 4.04. The smallest absolute Gasteiger partial charge is 0.450 e. The van der Waals surface area contributed by atoms with E-state index in [-0.39, 0.29) is 35.4 Å². The fourth-order valence-corrected chi connectivity index (χ4v) is 6.96. The van der Waals surface area contributed by atoms with Gasteiger partial charge in [-0.3, -0.25) is 4.79 Å². The lowest BCUT2D eigenvalue weighted by atomic mass is 9.46. The van der Waals surface area contributed by atoms with Gasteiger partial charge in [0.15, 0.2) is 5.78 Å². The number of allylic oxidation sites excluding steroid dienone is 1. The number of ketones is 1. The minimum absolute atomic E-state index is 0.0425. The lowest BCUT2D eigenvalue weighted by Crippen LogP contribution is -2.60. The summed E-state index contributed by atoms with van der Waals surface area (Å²) in [6, 6.07) is 0. The number of aliphatic hydroxyl groups is 2. The van der Waals surface area contributed by atoms with Crippen molar-refractivity contribution in [2.45, 2.75) is 70.7 Å². The first-order valence-electron chi connectivity index (χ1n) is 9.67. The first-order valence-corrected chi connectivity index (χ1v) is 9.67. The van der Waals surface area contributed by atoms with Gasteiger partial charge in [0.1, 0.15) is 0 Å². The third kappa shape index (κ3) is 2.24. The van der Waals surface area contributed by atoms with Crippen molar-refractivity contribution in [2.75, 3.05) is 0 Å². The van der Waals surface area contributed by atoms with Crippen LogP contribution in [0.25, 0.3) is 0 Å². The van der Waals surface area contributed by atoms with Gasteiger partial charge in [-0.25, -0.2) is 4.79 Å². The average molecular weight is 364 g/mol. The molecule has 0 heterocycles. The fourth-order valence-electron chi connectivity index (χ4n) is 6.96. The van der Waals surface area contributed by atoms with E-state index in [0.717, 1.165) is 24.8 Å². The average Bonchev–Trinajstić information content (AvgIpc) is 2.78. The van der Waals surface area contributed by atoms with Gasteiger partial charge in [-0.05, 0) is 61.3 Å². The molecule has 0 aromatic heterocycles. The Hall–Kier alpha value is -1.40. The number of hydrogen-bond acceptors (Lipinski definition) is 5. The monoisotopic (exact) mass is 364 g/mol. The van der Waals surface area contributed by atoms with E-state index in [9.17, 15) is 19.8 Å². The molecule has 3 fully saturated rings. The van der Waals surface area contributed by atoms with E-state index in [1.54, 1.807) is 6.08 Å². The number of fused-ring (bicyclic) bond motifs is 5. The Kier molecular flexibility index (Phi) is 3.84. The second-order valence-electron chi connectivity index (χ2n) is 9.27. The second-order valence-corrected chi connectivity index (χ2v) is 9.27. The van der Waals surface area contributed by atoms with Gasteiger partial charge in [0.05, 0.1) is 6.10 Å². The van der Waals surface area contributed by atoms with Crippen LogP contribution in [0.2, 0.25) is 0 Å². The van der Waals surface area contributed by atoms with Crippen molar-refractivity contribution in [2.24, 2.45) is 28.6 Å². The summed E-state index contributed by atoms with van der Waals surface area (Å²) in [5.41, 5.74) is 0.188. The van der Waals surface area contributed by atoms with Crippen molar-refractivity contribution in [1.82, 2.24) is 0 Å². The molecule has 4 aliphatic carbocycles. The predicted molar refractivity (Wildman–Crippen MR) is 92.2 cm³/mol. The van der Waals surface area contributed by atoms with Crippen LogP contribution < -0.4 is 0 Å². The molecule has 6 heteroatoms. The molecule has 0 radical (unpaired) electrons. The SMILES string of the molecule is C[C@]12CCC(=O)C=C1CC[C@@H]1[C@@H]2[C@@H](O)C[C@@]2(C)[C@H]1CC[C@]2(O)OC(=O)O. The zero-order valence-corrected chi connectivity index (χ0v) is 15.4. The number of ether oxygens (including phenoxy) is 1. The molecule has 0 spiro atoms. The number of rotatable bonds is 1. The minimum atomic E-state index is -1.74. The molecule has 0 amide bonds. The number of hydrogen-bond donors (Lipinski definition) is 3. The Morgan fingerprint density at radius 1 is 1.23 bits per heavy atom. The van der Waals surface area contributed by atoms with Crippen molar-refractivity contribution in [3.8, 4) is 0 Å². The van der Waals surface area contributed by atoms with Gasteiger partial charge in [0.25, 0.3) is 0 Å². The summed E-state index contributed by atoms with van der Waals surface area (Å²) in [5.74, 6) is -1.21. The molecular weight excluding hydrogens is 336 g/mol. The van der Waals surface area contributed by atoms with E-state index in [2.05, 4.69) is 6.92 Å². The van der Waals surface area contributed by atoms with Gasteiger partial charge in [0, 0.05) is 18.3 Å². The van der Waals surface area contributed by atoms with Gasteiger partial charge in [-0.15, -0.1) is 0 Å². The van der Waals surface area contributed by atoms with Crippen LogP contribution in [0.5, 0.6) is 0 Å². The molecule has 7 atom stereocenters. The molecule has 0 saturated heterocycles. The Balaban J connectivity index is 1.71.